The third-order valence-corrected chi connectivity index (χ3v) is 3.13. The number of hydrogen-bond donors (Lipinski definition) is 2. The molecular formula is C17H17F2NO3. The van der Waals surface area contributed by atoms with E-state index in [1.807, 2.05) is 0 Å². The molecule has 4 nitrogen and oxygen atoms in total. The van der Waals surface area contributed by atoms with Crippen LogP contribution >= 0.6 is 0 Å². The molecule has 1 atom stereocenters. The number of ether oxygens (including phenoxy) is 1. The molecule has 2 rings (SSSR count). The predicted octanol–water partition coefficient (Wildman–Crippen LogP) is 3.43. The van der Waals surface area contributed by atoms with Gasteiger partial charge in [0, 0.05) is 6.07 Å². The van der Waals surface area contributed by atoms with E-state index >= 15 is 0 Å². The second kappa shape index (κ2) is 7.69. The van der Waals surface area contributed by atoms with Crippen molar-refractivity contribution in [2.24, 2.45) is 0 Å². The van der Waals surface area contributed by atoms with Crippen LogP contribution in [0.1, 0.15) is 25.0 Å². The summed E-state index contributed by atoms with van der Waals surface area (Å²) in [6.07, 6.45) is -1.39. The Kier molecular flexibility index (Phi) is 5.65. The van der Waals surface area contributed by atoms with Gasteiger partial charge in [0.2, 0.25) is 5.91 Å². The highest BCUT2D eigenvalue weighted by atomic mass is 19.1. The largest absolute Gasteiger partial charge is 0.492 e. The summed E-state index contributed by atoms with van der Waals surface area (Å²) < 4.78 is 31.6. The molecule has 0 heterocycles. The molecule has 0 aliphatic carbocycles. The van der Waals surface area contributed by atoms with Crippen molar-refractivity contribution in [2.45, 2.75) is 19.4 Å². The average molecular weight is 321 g/mol. The zero-order chi connectivity index (χ0) is 16.8. The molecule has 1 amide bonds. The van der Waals surface area contributed by atoms with E-state index in [9.17, 15) is 18.7 Å². The molecule has 2 N–H and O–H groups in total. The van der Waals surface area contributed by atoms with Crippen LogP contribution in [0, 0.1) is 11.6 Å². The molecule has 0 aliphatic rings. The standard InChI is InChI=1S/C17H17F2NO3/c1-2-23-16-9-13(19)6-7-14(16)20-17(22)10-15(21)11-4-3-5-12(18)8-11/h3-9,15,21H,2,10H2,1H3,(H,20,22). The topological polar surface area (TPSA) is 58.6 Å². The highest BCUT2D eigenvalue weighted by Gasteiger charge is 2.15. The summed E-state index contributed by atoms with van der Waals surface area (Å²) >= 11 is 0. The SMILES string of the molecule is CCOc1cc(F)ccc1NC(=O)CC(O)c1cccc(F)c1. The maximum atomic E-state index is 13.2. The molecule has 0 saturated carbocycles. The van der Waals surface area contributed by atoms with Gasteiger partial charge in [0.05, 0.1) is 24.8 Å². The Morgan fingerprint density at radius 2 is 1.96 bits per heavy atom. The minimum absolute atomic E-state index is 0.209. The summed E-state index contributed by atoms with van der Waals surface area (Å²) in [6.45, 7) is 2.06. The van der Waals surface area contributed by atoms with E-state index in [4.69, 9.17) is 4.74 Å². The normalized spacial score (nSPS) is 11.8. The first kappa shape index (κ1) is 16.9. The van der Waals surface area contributed by atoms with Crippen molar-refractivity contribution in [2.75, 3.05) is 11.9 Å². The molecule has 23 heavy (non-hydrogen) atoms. The Morgan fingerprint density at radius 3 is 2.65 bits per heavy atom. The maximum absolute atomic E-state index is 13.2. The Balaban J connectivity index is 2.05. The van der Waals surface area contributed by atoms with Gasteiger partial charge in [0.25, 0.3) is 0 Å². The summed E-state index contributed by atoms with van der Waals surface area (Å²) in [7, 11) is 0. The van der Waals surface area contributed by atoms with Crippen molar-refractivity contribution in [3.8, 4) is 5.75 Å². The number of hydrogen-bond acceptors (Lipinski definition) is 3. The first-order valence-corrected chi connectivity index (χ1v) is 7.15. The van der Waals surface area contributed by atoms with Gasteiger partial charge in [-0.05, 0) is 36.8 Å². The number of carbonyl (C=O) groups excluding carboxylic acids is 1. The molecular weight excluding hydrogens is 304 g/mol. The van der Waals surface area contributed by atoms with Gasteiger partial charge in [-0.25, -0.2) is 8.78 Å². The molecule has 0 fully saturated rings. The van der Waals surface area contributed by atoms with Gasteiger partial charge >= 0.3 is 0 Å². The number of carbonyl (C=O) groups is 1. The lowest BCUT2D eigenvalue weighted by atomic mass is 10.1. The molecule has 6 heteroatoms. The predicted molar refractivity (Wildman–Crippen MR) is 82.2 cm³/mol. The van der Waals surface area contributed by atoms with Crippen LogP contribution in [0.4, 0.5) is 14.5 Å². The molecule has 1 unspecified atom stereocenters. The van der Waals surface area contributed by atoms with Gasteiger partial charge in [-0.3, -0.25) is 4.79 Å². The van der Waals surface area contributed by atoms with Crippen molar-refractivity contribution in [1.82, 2.24) is 0 Å². The minimum Gasteiger partial charge on any atom is -0.492 e. The second-order valence-electron chi connectivity index (χ2n) is 4.90. The zero-order valence-corrected chi connectivity index (χ0v) is 12.6. The quantitative estimate of drug-likeness (QED) is 0.857. The fourth-order valence-electron chi connectivity index (χ4n) is 2.08. The maximum Gasteiger partial charge on any atom is 0.227 e. The van der Waals surface area contributed by atoms with Crippen molar-refractivity contribution in [3.63, 3.8) is 0 Å². The number of halogens is 2. The van der Waals surface area contributed by atoms with Gasteiger partial charge in [0.15, 0.2) is 0 Å². The fraction of sp³-hybridized carbons (Fsp3) is 0.235. The summed E-state index contributed by atoms with van der Waals surface area (Å²) in [5, 5.41) is 12.5. The molecule has 0 bridgehead atoms. The van der Waals surface area contributed by atoms with Crippen LogP contribution in [0.15, 0.2) is 42.5 Å². The van der Waals surface area contributed by atoms with E-state index in [1.54, 1.807) is 6.92 Å². The van der Waals surface area contributed by atoms with Crippen LogP contribution in [0.3, 0.4) is 0 Å². The third-order valence-electron chi connectivity index (χ3n) is 3.13. The third kappa shape index (κ3) is 4.75. The summed E-state index contributed by atoms with van der Waals surface area (Å²) in [5.74, 6) is -1.25. The Morgan fingerprint density at radius 1 is 1.22 bits per heavy atom. The molecule has 0 aromatic heterocycles. The van der Waals surface area contributed by atoms with Crippen LogP contribution in [-0.2, 0) is 4.79 Å². The van der Waals surface area contributed by atoms with E-state index in [2.05, 4.69) is 5.32 Å². The molecule has 0 saturated heterocycles. The lowest BCUT2D eigenvalue weighted by Gasteiger charge is -2.14. The Hall–Kier alpha value is -2.47. The number of rotatable bonds is 6. The van der Waals surface area contributed by atoms with Crippen LogP contribution in [0.2, 0.25) is 0 Å². The van der Waals surface area contributed by atoms with Crippen LogP contribution in [-0.4, -0.2) is 17.6 Å². The van der Waals surface area contributed by atoms with Gasteiger partial charge in [-0.1, -0.05) is 12.1 Å². The minimum atomic E-state index is -1.14. The monoisotopic (exact) mass is 321 g/mol. The van der Waals surface area contributed by atoms with Gasteiger partial charge in [-0.2, -0.15) is 0 Å². The van der Waals surface area contributed by atoms with Gasteiger partial charge < -0.3 is 15.2 Å². The van der Waals surface area contributed by atoms with Crippen molar-refractivity contribution < 1.29 is 23.4 Å². The van der Waals surface area contributed by atoms with Crippen molar-refractivity contribution in [1.29, 1.82) is 0 Å². The van der Waals surface area contributed by atoms with Crippen molar-refractivity contribution in [3.05, 3.63) is 59.7 Å². The Bertz CT molecular complexity index is 691. The number of aliphatic hydroxyl groups is 1. The average Bonchev–Trinajstić information content (AvgIpc) is 2.50. The van der Waals surface area contributed by atoms with E-state index in [0.717, 1.165) is 0 Å². The van der Waals surface area contributed by atoms with Crippen LogP contribution in [0.25, 0.3) is 0 Å². The highest BCUT2D eigenvalue weighted by molar-refractivity contribution is 5.92. The van der Waals surface area contributed by atoms with Crippen LogP contribution in [0.5, 0.6) is 5.75 Å². The highest BCUT2D eigenvalue weighted by Crippen LogP contribution is 2.26. The number of benzene rings is 2. The Labute approximate surface area is 132 Å². The summed E-state index contributed by atoms with van der Waals surface area (Å²) in [4.78, 5) is 12.0. The molecule has 0 aliphatic heterocycles. The van der Waals surface area contributed by atoms with Gasteiger partial charge in [-0.15, -0.1) is 0 Å². The molecule has 2 aromatic carbocycles. The van der Waals surface area contributed by atoms with E-state index < -0.39 is 23.6 Å². The number of nitrogens with one attached hydrogen (secondary N) is 1. The number of anilines is 1. The van der Waals surface area contributed by atoms with Crippen molar-refractivity contribution >= 4 is 11.6 Å². The summed E-state index contributed by atoms with van der Waals surface area (Å²) in [6, 6.07) is 9.16. The lowest BCUT2D eigenvalue weighted by Crippen LogP contribution is -2.16. The van der Waals surface area contributed by atoms with Crippen LogP contribution < -0.4 is 10.1 Å². The first-order valence-electron chi connectivity index (χ1n) is 7.15. The molecule has 0 spiro atoms. The van der Waals surface area contributed by atoms with E-state index in [0.29, 0.717) is 17.9 Å². The molecule has 2 aromatic rings. The number of amides is 1. The molecule has 0 radical (unpaired) electrons. The van der Waals surface area contributed by atoms with Gasteiger partial charge in [0.1, 0.15) is 17.4 Å². The fourth-order valence-corrected chi connectivity index (χ4v) is 2.08. The number of aliphatic hydroxyl groups excluding tert-OH is 1. The lowest BCUT2D eigenvalue weighted by molar-refractivity contribution is -0.118. The second-order valence-corrected chi connectivity index (χ2v) is 4.90. The summed E-state index contributed by atoms with van der Waals surface area (Å²) in [5.41, 5.74) is 0.619. The molecule has 122 valence electrons. The smallest absolute Gasteiger partial charge is 0.227 e. The van der Waals surface area contributed by atoms with E-state index in [-0.39, 0.29) is 12.2 Å². The zero-order valence-electron chi connectivity index (χ0n) is 12.6. The van der Waals surface area contributed by atoms with E-state index in [1.165, 1.54) is 42.5 Å². The first-order chi connectivity index (χ1) is 11.0.